The van der Waals surface area contributed by atoms with Crippen molar-refractivity contribution in [2.45, 2.75) is 6.92 Å². The Balaban J connectivity index is 3.18. The second-order valence-electron chi connectivity index (χ2n) is 4.17. The molecule has 0 spiro atoms. The fourth-order valence-corrected chi connectivity index (χ4v) is 1.48. The van der Waals surface area contributed by atoms with E-state index in [2.05, 4.69) is 0 Å². The van der Waals surface area contributed by atoms with Crippen molar-refractivity contribution in [3.63, 3.8) is 0 Å². The van der Waals surface area contributed by atoms with Crippen LogP contribution in [-0.2, 0) is 9.59 Å². The van der Waals surface area contributed by atoms with Gasteiger partial charge in [0.1, 0.15) is 5.57 Å². The van der Waals surface area contributed by atoms with Crippen LogP contribution in [0.5, 0.6) is 0 Å². The number of rotatable bonds is 4. The molecule has 1 rings (SSSR count). The minimum atomic E-state index is -1.30. The van der Waals surface area contributed by atoms with Crippen LogP contribution in [0, 0.1) is 0 Å². The van der Waals surface area contributed by atoms with E-state index in [1.807, 2.05) is 0 Å². The first kappa shape index (κ1) is 14.8. The van der Waals surface area contributed by atoms with Crippen molar-refractivity contribution in [1.82, 2.24) is 0 Å². The SMILES string of the molecule is CC[N+](C)(C(=O)O)C(=O)C([C]=O)=Cc1ccccc1. The number of carbonyl (C=O) groups excluding carboxylic acids is 2. The van der Waals surface area contributed by atoms with Gasteiger partial charge in [-0.05, 0) is 18.6 Å². The van der Waals surface area contributed by atoms with Crippen LogP contribution in [0.3, 0.4) is 0 Å². The maximum Gasteiger partial charge on any atom is 0.521 e. The van der Waals surface area contributed by atoms with Gasteiger partial charge in [-0.2, -0.15) is 9.28 Å². The monoisotopic (exact) mass is 261 g/mol. The van der Waals surface area contributed by atoms with E-state index in [1.165, 1.54) is 19.4 Å². The number of likely N-dealkylation sites (N-methyl/N-ethyl adjacent to an activating group) is 1. The van der Waals surface area contributed by atoms with Gasteiger partial charge in [0.25, 0.3) is 0 Å². The lowest BCUT2D eigenvalue weighted by Gasteiger charge is -2.23. The van der Waals surface area contributed by atoms with E-state index in [9.17, 15) is 14.4 Å². The second-order valence-corrected chi connectivity index (χ2v) is 4.17. The van der Waals surface area contributed by atoms with Crippen molar-refractivity contribution in [1.29, 1.82) is 0 Å². The summed E-state index contributed by atoms with van der Waals surface area (Å²) < 4.78 is -0.881. The lowest BCUT2D eigenvalue weighted by Crippen LogP contribution is -2.53. The van der Waals surface area contributed by atoms with Crippen LogP contribution in [0.2, 0.25) is 0 Å². The highest BCUT2D eigenvalue weighted by atomic mass is 16.4. The summed E-state index contributed by atoms with van der Waals surface area (Å²) >= 11 is 0. The van der Waals surface area contributed by atoms with Crippen LogP contribution in [0.1, 0.15) is 12.5 Å². The van der Waals surface area contributed by atoms with Crippen LogP contribution in [0.25, 0.3) is 6.08 Å². The molecule has 0 aliphatic rings. The molecule has 99 valence electrons. The van der Waals surface area contributed by atoms with Crippen molar-refractivity contribution < 1.29 is 24.0 Å². The molecule has 0 saturated carbocycles. The highest BCUT2D eigenvalue weighted by Crippen LogP contribution is 2.13. The van der Waals surface area contributed by atoms with Gasteiger partial charge in [0.05, 0.1) is 13.6 Å². The van der Waals surface area contributed by atoms with Crippen LogP contribution in [-0.4, -0.2) is 41.5 Å². The summed E-state index contributed by atoms with van der Waals surface area (Å²) in [6.45, 7) is 1.61. The molecular weight excluding hydrogens is 246 g/mol. The quantitative estimate of drug-likeness (QED) is 0.388. The van der Waals surface area contributed by atoms with Crippen molar-refractivity contribution >= 4 is 24.4 Å². The normalized spacial score (nSPS) is 14.5. The Labute approximate surface area is 111 Å². The van der Waals surface area contributed by atoms with Crippen molar-refractivity contribution in [2.24, 2.45) is 0 Å². The fourth-order valence-electron chi connectivity index (χ4n) is 1.48. The van der Waals surface area contributed by atoms with Crippen LogP contribution in [0.15, 0.2) is 35.9 Å². The van der Waals surface area contributed by atoms with Gasteiger partial charge in [-0.3, -0.25) is 4.79 Å². The Morgan fingerprint density at radius 2 is 1.89 bits per heavy atom. The first-order valence-corrected chi connectivity index (χ1v) is 5.74. The Bertz CT molecular complexity index is 522. The molecule has 5 nitrogen and oxygen atoms in total. The molecule has 1 aromatic rings. The Morgan fingerprint density at radius 3 is 2.32 bits per heavy atom. The van der Waals surface area contributed by atoms with E-state index in [0.717, 1.165) is 0 Å². The molecule has 19 heavy (non-hydrogen) atoms. The van der Waals surface area contributed by atoms with E-state index in [4.69, 9.17) is 5.11 Å². The van der Waals surface area contributed by atoms with Gasteiger partial charge in [-0.25, -0.2) is 4.79 Å². The maximum absolute atomic E-state index is 12.1. The van der Waals surface area contributed by atoms with Crippen molar-refractivity contribution in [3.8, 4) is 0 Å². The summed E-state index contributed by atoms with van der Waals surface area (Å²) in [6.07, 6.45) is 1.56. The summed E-state index contributed by atoms with van der Waals surface area (Å²) in [5.74, 6) is -0.783. The largest absolute Gasteiger partial charge is 0.521 e. The molecule has 0 fully saturated rings. The predicted octanol–water partition coefficient (Wildman–Crippen LogP) is 1.85. The van der Waals surface area contributed by atoms with Gasteiger partial charge in [0.2, 0.25) is 6.29 Å². The summed E-state index contributed by atoms with van der Waals surface area (Å²) in [5, 5.41) is 9.11. The van der Waals surface area contributed by atoms with E-state index < -0.39 is 16.5 Å². The lowest BCUT2D eigenvalue weighted by molar-refractivity contribution is -0.755. The number of amides is 2. The van der Waals surface area contributed by atoms with E-state index >= 15 is 0 Å². The molecule has 0 bridgehead atoms. The van der Waals surface area contributed by atoms with Gasteiger partial charge < -0.3 is 5.11 Å². The molecule has 0 saturated heterocycles. The molecule has 5 heteroatoms. The van der Waals surface area contributed by atoms with Gasteiger partial charge in [-0.1, -0.05) is 30.3 Å². The first-order valence-electron chi connectivity index (χ1n) is 5.74. The Hall–Kier alpha value is -2.27. The average Bonchev–Trinajstić information content (AvgIpc) is 2.43. The smallest absolute Gasteiger partial charge is 0.435 e. The van der Waals surface area contributed by atoms with Gasteiger partial charge in [0, 0.05) is 0 Å². The summed E-state index contributed by atoms with van der Waals surface area (Å²) in [4.78, 5) is 34.2. The minimum Gasteiger partial charge on any atom is -0.435 e. The Kier molecular flexibility index (Phi) is 4.72. The van der Waals surface area contributed by atoms with Crippen LogP contribution >= 0.6 is 0 Å². The van der Waals surface area contributed by atoms with Gasteiger partial charge in [-0.15, -0.1) is 0 Å². The minimum absolute atomic E-state index is 0.0436. The molecule has 1 N–H and O–H groups in total. The standard InChI is InChI=1S/C14H14NO4/c1-3-15(2,14(18)19)13(17)12(10-16)9-11-7-5-4-6-8-11/h4-9H,3H2,1-2H3/p+1. The third-order valence-corrected chi connectivity index (χ3v) is 2.95. The van der Waals surface area contributed by atoms with Crippen LogP contribution < -0.4 is 0 Å². The molecule has 2 amide bonds. The van der Waals surface area contributed by atoms with E-state index in [1.54, 1.807) is 37.3 Å². The third kappa shape index (κ3) is 3.14. The van der Waals surface area contributed by atoms with Gasteiger partial charge in [0.15, 0.2) is 0 Å². The number of benzene rings is 1. The first-order chi connectivity index (χ1) is 8.95. The molecule has 1 aromatic carbocycles. The highest BCUT2D eigenvalue weighted by Gasteiger charge is 2.41. The van der Waals surface area contributed by atoms with E-state index in [0.29, 0.717) is 5.56 Å². The molecule has 0 aromatic heterocycles. The van der Waals surface area contributed by atoms with Crippen molar-refractivity contribution in [2.75, 3.05) is 13.6 Å². The van der Waals surface area contributed by atoms with E-state index in [-0.39, 0.29) is 12.1 Å². The van der Waals surface area contributed by atoms with Crippen molar-refractivity contribution in [3.05, 3.63) is 41.5 Å². The molecule has 0 heterocycles. The third-order valence-electron chi connectivity index (χ3n) is 2.95. The summed E-state index contributed by atoms with van der Waals surface area (Å²) in [5.41, 5.74) is 0.361. The summed E-state index contributed by atoms with van der Waals surface area (Å²) in [6, 6.07) is 8.73. The molecular formula is C14H15NO4+. The zero-order valence-corrected chi connectivity index (χ0v) is 10.8. The van der Waals surface area contributed by atoms with Crippen LogP contribution in [0.4, 0.5) is 4.79 Å². The zero-order valence-electron chi connectivity index (χ0n) is 10.8. The number of carbonyl (C=O) groups is 2. The summed E-state index contributed by atoms with van der Waals surface area (Å²) in [7, 11) is 1.25. The van der Waals surface area contributed by atoms with Gasteiger partial charge >= 0.3 is 12.0 Å². The second kappa shape index (κ2) is 6.06. The maximum atomic E-state index is 12.1. The lowest BCUT2D eigenvalue weighted by atomic mass is 10.1. The number of hydrogen-bond donors (Lipinski definition) is 1. The number of carboxylic acid groups (broad SMARTS) is 1. The number of imide groups is 1. The average molecular weight is 261 g/mol. The predicted molar refractivity (Wildman–Crippen MR) is 69.9 cm³/mol. The topological polar surface area (TPSA) is 71.4 Å². The zero-order chi connectivity index (χ0) is 14.5. The number of nitrogens with zero attached hydrogens (tertiary/aromatic N) is 1. The number of quaternary nitrogens is 1. The fraction of sp³-hybridized carbons (Fsp3) is 0.214. The molecule has 0 aliphatic carbocycles. The Morgan fingerprint density at radius 1 is 1.32 bits per heavy atom. The molecule has 1 atom stereocenters. The molecule has 0 aliphatic heterocycles. The highest BCUT2D eigenvalue weighted by molar-refractivity contribution is 6.13. The molecule has 1 radical (unpaired) electrons. The molecule has 1 unspecified atom stereocenters. The number of hydrogen-bond acceptors (Lipinski definition) is 3.